The number of rotatable bonds is 2. The van der Waals surface area contributed by atoms with E-state index < -0.39 is 11.6 Å². The Bertz CT molecular complexity index is 341. The van der Waals surface area contributed by atoms with Crippen molar-refractivity contribution in [2.75, 3.05) is 0 Å². The zero-order valence-electron chi connectivity index (χ0n) is 7.22. The maximum atomic E-state index is 13.1. The highest BCUT2D eigenvalue weighted by Crippen LogP contribution is 2.21. The molecule has 1 nitrogen and oxygen atoms in total. The molecule has 0 N–H and O–H groups in total. The summed E-state index contributed by atoms with van der Waals surface area (Å²) in [7, 11) is 0. The molecule has 0 aliphatic carbocycles. The van der Waals surface area contributed by atoms with E-state index in [1.165, 1.54) is 12.1 Å². The van der Waals surface area contributed by atoms with E-state index in [1.807, 2.05) is 6.07 Å². The van der Waals surface area contributed by atoms with E-state index in [1.54, 1.807) is 6.92 Å². The molecule has 0 aliphatic rings. The number of nitrogens with zero attached hydrogens (tertiary/aromatic N) is 1. The van der Waals surface area contributed by atoms with Gasteiger partial charge in [-0.05, 0) is 17.5 Å². The van der Waals surface area contributed by atoms with Crippen molar-refractivity contribution >= 4 is 0 Å². The average molecular weight is 181 g/mol. The van der Waals surface area contributed by atoms with Crippen molar-refractivity contribution in [1.29, 1.82) is 5.26 Å². The van der Waals surface area contributed by atoms with Crippen LogP contribution in [0.15, 0.2) is 18.2 Å². The lowest BCUT2D eigenvalue weighted by molar-refractivity contribution is 0.561. The van der Waals surface area contributed by atoms with Gasteiger partial charge in [0.25, 0.3) is 0 Å². The van der Waals surface area contributed by atoms with Gasteiger partial charge in [0.15, 0.2) is 0 Å². The summed E-state index contributed by atoms with van der Waals surface area (Å²) in [6, 6.07) is 5.37. The van der Waals surface area contributed by atoms with E-state index in [9.17, 15) is 8.78 Å². The minimum absolute atomic E-state index is 0.189. The lowest BCUT2D eigenvalue weighted by atomic mass is 9.98. The molecule has 0 spiro atoms. The van der Waals surface area contributed by atoms with Crippen molar-refractivity contribution in [3.05, 3.63) is 35.4 Å². The standard InChI is InChI=1S/C10H9F2N/c1-7(4-5-13)9-3-2-8(11)6-10(9)12/h2-3,6-7H,4H2,1H3/t7-/m0/s1. The Labute approximate surface area is 75.6 Å². The summed E-state index contributed by atoms with van der Waals surface area (Å²) >= 11 is 0. The number of hydrogen-bond donors (Lipinski definition) is 0. The van der Waals surface area contributed by atoms with Crippen LogP contribution in [0.25, 0.3) is 0 Å². The van der Waals surface area contributed by atoms with Crippen molar-refractivity contribution in [2.24, 2.45) is 0 Å². The van der Waals surface area contributed by atoms with Crippen LogP contribution in [-0.4, -0.2) is 0 Å². The third-order valence-electron chi connectivity index (χ3n) is 1.89. The fourth-order valence-electron chi connectivity index (χ4n) is 1.15. The van der Waals surface area contributed by atoms with Crippen molar-refractivity contribution in [1.82, 2.24) is 0 Å². The third kappa shape index (κ3) is 2.25. The van der Waals surface area contributed by atoms with Crippen LogP contribution >= 0.6 is 0 Å². The minimum Gasteiger partial charge on any atom is -0.207 e. The van der Waals surface area contributed by atoms with E-state index >= 15 is 0 Å². The summed E-state index contributed by atoms with van der Waals surface area (Å²) < 4.78 is 25.6. The topological polar surface area (TPSA) is 23.8 Å². The quantitative estimate of drug-likeness (QED) is 0.688. The molecule has 1 rings (SSSR count). The summed E-state index contributed by atoms with van der Waals surface area (Å²) in [5, 5.41) is 8.40. The first-order chi connectivity index (χ1) is 6.15. The van der Waals surface area contributed by atoms with Gasteiger partial charge in [0.2, 0.25) is 0 Å². The Morgan fingerprint density at radius 2 is 2.15 bits per heavy atom. The molecule has 0 unspecified atom stereocenters. The number of halogens is 2. The smallest absolute Gasteiger partial charge is 0.129 e. The second-order valence-corrected chi connectivity index (χ2v) is 2.93. The first-order valence-electron chi connectivity index (χ1n) is 3.97. The molecule has 0 saturated carbocycles. The minimum atomic E-state index is -0.592. The molecule has 1 aromatic rings. The van der Waals surface area contributed by atoms with Crippen molar-refractivity contribution in [3.8, 4) is 6.07 Å². The summed E-state index contributed by atoms with van der Waals surface area (Å²) in [4.78, 5) is 0. The Morgan fingerprint density at radius 1 is 1.46 bits per heavy atom. The highest BCUT2D eigenvalue weighted by Gasteiger charge is 2.10. The second kappa shape index (κ2) is 3.99. The summed E-state index contributed by atoms with van der Waals surface area (Å²) in [6.45, 7) is 1.74. The predicted molar refractivity (Wildman–Crippen MR) is 45.0 cm³/mol. The Morgan fingerprint density at radius 3 is 2.69 bits per heavy atom. The number of benzene rings is 1. The molecular formula is C10H9F2N. The molecule has 0 fully saturated rings. The van der Waals surface area contributed by atoms with Crippen LogP contribution in [0.1, 0.15) is 24.8 Å². The van der Waals surface area contributed by atoms with Crippen molar-refractivity contribution in [3.63, 3.8) is 0 Å². The van der Waals surface area contributed by atoms with E-state index in [0.717, 1.165) is 6.07 Å². The fraction of sp³-hybridized carbons (Fsp3) is 0.300. The molecule has 0 saturated heterocycles. The molecule has 68 valence electrons. The summed E-state index contributed by atoms with van der Waals surface area (Å²) in [5.74, 6) is -1.36. The molecule has 0 amide bonds. The van der Waals surface area contributed by atoms with Gasteiger partial charge in [-0.2, -0.15) is 5.26 Å². The van der Waals surface area contributed by atoms with Crippen LogP contribution in [0.4, 0.5) is 8.78 Å². The first kappa shape index (κ1) is 9.66. The lowest BCUT2D eigenvalue weighted by Gasteiger charge is -2.08. The van der Waals surface area contributed by atoms with Crippen LogP contribution in [0.5, 0.6) is 0 Å². The molecule has 3 heteroatoms. The molecule has 0 bridgehead atoms. The van der Waals surface area contributed by atoms with Crippen LogP contribution in [0.3, 0.4) is 0 Å². The van der Waals surface area contributed by atoms with Gasteiger partial charge in [-0.3, -0.25) is 0 Å². The van der Waals surface area contributed by atoms with Crippen LogP contribution < -0.4 is 0 Å². The van der Waals surface area contributed by atoms with Crippen LogP contribution in [0, 0.1) is 23.0 Å². The van der Waals surface area contributed by atoms with Gasteiger partial charge < -0.3 is 0 Å². The maximum absolute atomic E-state index is 13.1. The second-order valence-electron chi connectivity index (χ2n) is 2.93. The first-order valence-corrected chi connectivity index (χ1v) is 3.97. The Balaban J connectivity index is 2.96. The van der Waals surface area contributed by atoms with Gasteiger partial charge in [-0.15, -0.1) is 0 Å². The van der Waals surface area contributed by atoms with Crippen molar-refractivity contribution < 1.29 is 8.78 Å². The maximum Gasteiger partial charge on any atom is 0.129 e. The Hall–Kier alpha value is -1.43. The van der Waals surface area contributed by atoms with E-state index in [2.05, 4.69) is 0 Å². The molecule has 0 radical (unpaired) electrons. The molecule has 1 atom stereocenters. The summed E-state index contributed by atoms with van der Waals surface area (Å²) in [5.41, 5.74) is 0.392. The van der Waals surface area contributed by atoms with Crippen molar-refractivity contribution in [2.45, 2.75) is 19.3 Å². The third-order valence-corrected chi connectivity index (χ3v) is 1.89. The lowest BCUT2D eigenvalue weighted by Crippen LogP contribution is -1.96. The largest absolute Gasteiger partial charge is 0.207 e. The van der Waals surface area contributed by atoms with E-state index in [0.29, 0.717) is 5.56 Å². The highest BCUT2D eigenvalue weighted by atomic mass is 19.1. The van der Waals surface area contributed by atoms with Gasteiger partial charge in [-0.25, -0.2) is 8.78 Å². The van der Waals surface area contributed by atoms with Crippen LogP contribution in [-0.2, 0) is 0 Å². The molecule has 0 aliphatic heterocycles. The monoisotopic (exact) mass is 181 g/mol. The molecule has 0 heterocycles. The predicted octanol–water partition coefficient (Wildman–Crippen LogP) is 2.98. The molecule has 13 heavy (non-hydrogen) atoms. The van der Waals surface area contributed by atoms with Gasteiger partial charge in [-0.1, -0.05) is 13.0 Å². The van der Waals surface area contributed by atoms with E-state index in [4.69, 9.17) is 5.26 Å². The molecular weight excluding hydrogens is 172 g/mol. The zero-order valence-corrected chi connectivity index (χ0v) is 7.22. The highest BCUT2D eigenvalue weighted by molar-refractivity contribution is 5.22. The Kier molecular flexibility index (Phi) is 2.97. The normalized spacial score (nSPS) is 12.2. The SMILES string of the molecule is C[C@@H](CC#N)c1ccc(F)cc1F. The zero-order chi connectivity index (χ0) is 9.84. The summed E-state index contributed by atoms with van der Waals surface area (Å²) in [6.07, 6.45) is 0.239. The van der Waals surface area contributed by atoms with Gasteiger partial charge >= 0.3 is 0 Å². The number of hydrogen-bond acceptors (Lipinski definition) is 1. The molecule has 0 aromatic heterocycles. The van der Waals surface area contributed by atoms with E-state index in [-0.39, 0.29) is 12.3 Å². The van der Waals surface area contributed by atoms with Crippen LogP contribution in [0.2, 0.25) is 0 Å². The van der Waals surface area contributed by atoms with Gasteiger partial charge in [0, 0.05) is 12.5 Å². The number of nitriles is 1. The van der Waals surface area contributed by atoms with Gasteiger partial charge in [0.1, 0.15) is 11.6 Å². The van der Waals surface area contributed by atoms with Gasteiger partial charge in [0.05, 0.1) is 6.07 Å². The fourth-order valence-corrected chi connectivity index (χ4v) is 1.15. The average Bonchev–Trinajstić information content (AvgIpc) is 2.04. The molecule has 1 aromatic carbocycles.